The molecule has 26 heavy (non-hydrogen) atoms. The summed E-state index contributed by atoms with van der Waals surface area (Å²) in [5.41, 5.74) is 8.82. The average Bonchev–Trinajstić information content (AvgIpc) is 2.55. The van der Waals surface area contributed by atoms with Crippen molar-refractivity contribution in [2.45, 2.75) is 110 Å². The number of halogens is 1. The van der Waals surface area contributed by atoms with Crippen molar-refractivity contribution in [3.05, 3.63) is 35.4 Å². The van der Waals surface area contributed by atoms with Gasteiger partial charge in [0.1, 0.15) is 0 Å². The fourth-order valence-corrected chi connectivity index (χ4v) is 3.52. The van der Waals surface area contributed by atoms with Gasteiger partial charge >= 0.3 is 0 Å². The molecule has 0 saturated carbocycles. The Labute approximate surface area is 169 Å². The topological polar surface area (TPSA) is 57.5 Å². The Morgan fingerprint density at radius 1 is 0.731 bits per heavy atom. The van der Waals surface area contributed by atoms with E-state index < -0.39 is 0 Å². The van der Waals surface area contributed by atoms with Crippen molar-refractivity contribution in [1.29, 1.82) is 0 Å². The molecule has 0 amide bonds. The van der Waals surface area contributed by atoms with Crippen LogP contribution in [0.25, 0.3) is 0 Å². The van der Waals surface area contributed by atoms with Crippen LogP contribution in [0.15, 0.2) is 24.3 Å². The van der Waals surface area contributed by atoms with E-state index in [2.05, 4.69) is 45.0 Å². The molecule has 154 valence electrons. The third-order valence-corrected chi connectivity index (χ3v) is 5.01. The summed E-state index contributed by atoms with van der Waals surface area (Å²) in [5, 5.41) is 0. The number of benzene rings is 1. The quantitative estimate of drug-likeness (QED) is 0.355. The van der Waals surface area contributed by atoms with Crippen molar-refractivity contribution in [3.63, 3.8) is 0 Å². The van der Waals surface area contributed by atoms with Gasteiger partial charge in [-0.1, -0.05) is 102 Å². The van der Waals surface area contributed by atoms with E-state index in [4.69, 9.17) is 5.73 Å². The van der Waals surface area contributed by atoms with Crippen LogP contribution in [0.2, 0.25) is 0 Å². The average molecular weight is 386 g/mol. The Kier molecular flexibility index (Phi) is 17.6. The summed E-state index contributed by atoms with van der Waals surface area (Å²) in [5.74, 6) is 0. The van der Waals surface area contributed by atoms with Crippen molar-refractivity contribution in [3.8, 4) is 0 Å². The Morgan fingerprint density at radius 2 is 1.15 bits per heavy atom. The standard InChI is InChI=1S/C23H41N.ClH.H2O/c1-4-5-6-7-8-9-10-11-12-13-14-15-18-21-19-16-17-20-22(21)23(2,3)24;;/h16-17,19-20H,4-15,18,24H2,1-3H3;1H;1H2. The summed E-state index contributed by atoms with van der Waals surface area (Å²) >= 11 is 0. The summed E-state index contributed by atoms with van der Waals surface area (Å²) in [7, 11) is 0. The first-order valence-corrected chi connectivity index (χ1v) is 10.4. The number of hydrogen-bond donors (Lipinski definition) is 1. The van der Waals surface area contributed by atoms with Gasteiger partial charge in [0.05, 0.1) is 0 Å². The van der Waals surface area contributed by atoms with Gasteiger partial charge in [0, 0.05) is 5.54 Å². The normalized spacial score (nSPS) is 10.9. The fraction of sp³-hybridized carbons (Fsp3) is 0.739. The molecule has 1 aromatic rings. The molecule has 0 fully saturated rings. The van der Waals surface area contributed by atoms with E-state index in [0.717, 1.165) is 0 Å². The predicted octanol–water partition coefficient (Wildman–Crippen LogP) is 6.72. The van der Waals surface area contributed by atoms with Gasteiger partial charge in [-0.25, -0.2) is 0 Å². The lowest BCUT2D eigenvalue weighted by Gasteiger charge is -2.23. The molecule has 0 aliphatic heterocycles. The molecular formula is C23H44ClNO. The molecule has 1 aromatic carbocycles. The molecule has 0 saturated heterocycles. The Bertz CT molecular complexity index is 428. The first-order chi connectivity index (χ1) is 11.6. The third-order valence-electron chi connectivity index (χ3n) is 5.01. The van der Waals surface area contributed by atoms with Crippen molar-refractivity contribution in [2.24, 2.45) is 5.73 Å². The number of rotatable bonds is 14. The van der Waals surface area contributed by atoms with Crippen LogP contribution < -0.4 is 5.73 Å². The highest BCUT2D eigenvalue weighted by Crippen LogP contribution is 2.23. The number of aryl methyl sites for hydroxylation is 1. The number of hydrogen-bond acceptors (Lipinski definition) is 1. The Hall–Kier alpha value is -0.570. The van der Waals surface area contributed by atoms with Crippen LogP contribution in [0.3, 0.4) is 0 Å². The van der Waals surface area contributed by atoms with E-state index in [1.54, 1.807) is 0 Å². The summed E-state index contributed by atoms with van der Waals surface area (Å²) < 4.78 is 0. The molecule has 0 radical (unpaired) electrons. The zero-order valence-electron chi connectivity index (χ0n) is 17.5. The highest BCUT2D eigenvalue weighted by Gasteiger charge is 2.17. The maximum absolute atomic E-state index is 6.29. The Morgan fingerprint density at radius 3 is 1.62 bits per heavy atom. The smallest absolute Gasteiger partial charge is 0.0355 e. The van der Waals surface area contributed by atoms with E-state index in [-0.39, 0.29) is 23.4 Å². The molecule has 0 heterocycles. The molecule has 0 atom stereocenters. The van der Waals surface area contributed by atoms with Crippen LogP contribution in [0.4, 0.5) is 0 Å². The zero-order valence-corrected chi connectivity index (χ0v) is 18.3. The number of nitrogens with two attached hydrogens (primary N) is 1. The highest BCUT2D eigenvalue weighted by atomic mass is 35.5. The van der Waals surface area contributed by atoms with Gasteiger partial charge in [0.2, 0.25) is 0 Å². The van der Waals surface area contributed by atoms with Crippen molar-refractivity contribution in [1.82, 2.24) is 0 Å². The van der Waals surface area contributed by atoms with Crippen LogP contribution in [0, 0.1) is 0 Å². The molecule has 0 spiro atoms. The van der Waals surface area contributed by atoms with Gasteiger partial charge in [0.15, 0.2) is 0 Å². The highest BCUT2D eigenvalue weighted by molar-refractivity contribution is 5.85. The maximum atomic E-state index is 6.29. The minimum absolute atomic E-state index is 0. The van der Waals surface area contributed by atoms with Crippen LogP contribution in [-0.4, -0.2) is 5.48 Å². The molecule has 2 nitrogen and oxygen atoms in total. The lowest BCUT2D eigenvalue weighted by atomic mass is 9.89. The Balaban J connectivity index is 0. The summed E-state index contributed by atoms with van der Waals surface area (Å²) in [4.78, 5) is 0. The van der Waals surface area contributed by atoms with Gasteiger partial charge < -0.3 is 11.2 Å². The molecule has 0 aliphatic rings. The van der Waals surface area contributed by atoms with Gasteiger partial charge in [-0.3, -0.25) is 0 Å². The SMILES string of the molecule is CCCCCCCCCCCCCCc1ccccc1C(C)(C)N.Cl.O. The lowest BCUT2D eigenvalue weighted by Crippen LogP contribution is -2.30. The number of unbranched alkanes of at least 4 members (excludes halogenated alkanes) is 11. The molecule has 0 aliphatic carbocycles. The maximum Gasteiger partial charge on any atom is 0.0355 e. The molecule has 0 unspecified atom stereocenters. The van der Waals surface area contributed by atoms with Crippen molar-refractivity contribution < 1.29 is 5.48 Å². The summed E-state index contributed by atoms with van der Waals surface area (Å²) in [6, 6.07) is 8.69. The molecule has 0 bridgehead atoms. The summed E-state index contributed by atoms with van der Waals surface area (Å²) in [6.07, 6.45) is 18.1. The van der Waals surface area contributed by atoms with Crippen LogP contribution in [0.5, 0.6) is 0 Å². The van der Waals surface area contributed by atoms with Crippen LogP contribution in [-0.2, 0) is 12.0 Å². The zero-order chi connectivity index (χ0) is 17.7. The molecule has 0 aromatic heterocycles. The second-order valence-electron chi connectivity index (χ2n) is 8.02. The minimum Gasteiger partial charge on any atom is -0.412 e. The second kappa shape index (κ2) is 16.6. The predicted molar refractivity (Wildman–Crippen MR) is 119 cm³/mol. The lowest BCUT2D eigenvalue weighted by molar-refractivity contribution is 0.535. The van der Waals surface area contributed by atoms with Crippen LogP contribution in [0.1, 0.15) is 109 Å². The van der Waals surface area contributed by atoms with E-state index >= 15 is 0 Å². The van der Waals surface area contributed by atoms with Gasteiger partial charge in [-0.2, -0.15) is 0 Å². The first-order valence-electron chi connectivity index (χ1n) is 10.4. The molecule has 4 N–H and O–H groups in total. The molecule has 3 heteroatoms. The monoisotopic (exact) mass is 385 g/mol. The van der Waals surface area contributed by atoms with Crippen LogP contribution >= 0.6 is 12.4 Å². The third kappa shape index (κ3) is 12.7. The van der Waals surface area contributed by atoms with Gasteiger partial charge in [-0.15, -0.1) is 12.4 Å². The summed E-state index contributed by atoms with van der Waals surface area (Å²) in [6.45, 7) is 6.50. The van der Waals surface area contributed by atoms with E-state index in [1.807, 2.05) is 0 Å². The molecular weight excluding hydrogens is 342 g/mol. The van der Waals surface area contributed by atoms with Crippen molar-refractivity contribution in [2.75, 3.05) is 0 Å². The minimum atomic E-state index is -0.228. The largest absolute Gasteiger partial charge is 0.412 e. The second-order valence-corrected chi connectivity index (χ2v) is 8.02. The van der Waals surface area contributed by atoms with E-state index in [1.165, 1.54) is 94.6 Å². The van der Waals surface area contributed by atoms with Gasteiger partial charge in [0.25, 0.3) is 0 Å². The van der Waals surface area contributed by atoms with E-state index in [9.17, 15) is 0 Å². The van der Waals surface area contributed by atoms with Gasteiger partial charge in [-0.05, 0) is 37.8 Å². The molecule has 1 rings (SSSR count). The fourth-order valence-electron chi connectivity index (χ4n) is 3.52. The van der Waals surface area contributed by atoms with E-state index in [0.29, 0.717) is 0 Å². The van der Waals surface area contributed by atoms with Crippen molar-refractivity contribution >= 4 is 12.4 Å². The first kappa shape index (κ1) is 27.6.